The first-order valence-electron chi connectivity index (χ1n) is 8.37. The van der Waals surface area contributed by atoms with Crippen LogP contribution in [0.2, 0.25) is 0 Å². The van der Waals surface area contributed by atoms with Crippen molar-refractivity contribution < 1.29 is 4.79 Å². The summed E-state index contributed by atoms with van der Waals surface area (Å²) in [5.41, 5.74) is 5.53. The number of hydrogen-bond acceptors (Lipinski definition) is 3. The number of amides is 1. The smallest absolute Gasteiger partial charge is 0.273 e. The Morgan fingerprint density at radius 2 is 1.92 bits per heavy atom. The van der Waals surface area contributed by atoms with Gasteiger partial charge in [-0.1, -0.05) is 30.3 Å². The summed E-state index contributed by atoms with van der Waals surface area (Å²) in [5.74, 6) is -0.194. The van der Waals surface area contributed by atoms with Gasteiger partial charge in [0.05, 0.1) is 5.52 Å². The van der Waals surface area contributed by atoms with Crippen LogP contribution in [0.4, 0.5) is 5.69 Å². The van der Waals surface area contributed by atoms with Crippen LogP contribution in [0.1, 0.15) is 16.1 Å². The Morgan fingerprint density at radius 3 is 2.69 bits per heavy atom. The van der Waals surface area contributed by atoms with Crippen molar-refractivity contribution in [3.8, 4) is 11.1 Å². The Kier molecular flexibility index (Phi) is 3.97. The highest BCUT2D eigenvalue weighted by Crippen LogP contribution is 2.26. The lowest BCUT2D eigenvalue weighted by atomic mass is 10.0. The zero-order chi connectivity index (χ0) is 18.1. The van der Waals surface area contributed by atoms with Crippen LogP contribution < -0.4 is 5.32 Å². The molecule has 2 aromatic heterocycles. The molecular weight excluding hydrogens is 324 g/mol. The standard InChI is InChI=1S/C21H18N4O/c1-14-5-3-4-6-18(14)16-11-15-7-8-17(12-19(15)22-13-16)24-21(26)20-9-10-23-25(20)2/h3-13H,1-2H3,(H,24,26). The predicted molar refractivity (Wildman–Crippen MR) is 103 cm³/mol. The Bertz CT molecular complexity index is 1110. The summed E-state index contributed by atoms with van der Waals surface area (Å²) >= 11 is 0. The Morgan fingerprint density at radius 1 is 1.08 bits per heavy atom. The molecule has 0 bridgehead atoms. The van der Waals surface area contributed by atoms with Crippen LogP contribution in [0.5, 0.6) is 0 Å². The molecule has 5 heteroatoms. The van der Waals surface area contributed by atoms with Crippen molar-refractivity contribution in [1.82, 2.24) is 14.8 Å². The van der Waals surface area contributed by atoms with E-state index >= 15 is 0 Å². The number of pyridine rings is 1. The third-order valence-electron chi connectivity index (χ3n) is 4.45. The van der Waals surface area contributed by atoms with Gasteiger partial charge >= 0.3 is 0 Å². The highest BCUT2D eigenvalue weighted by molar-refractivity contribution is 6.04. The SMILES string of the molecule is Cc1ccccc1-c1cnc2cc(NC(=O)c3ccnn3C)ccc2c1. The van der Waals surface area contributed by atoms with Crippen molar-refractivity contribution in [2.24, 2.45) is 7.05 Å². The second kappa shape index (κ2) is 6.44. The Balaban J connectivity index is 1.64. The minimum atomic E-state index is -0.194. The highest BCUT2D eigenvalue weighted by atomic mass is 16.2. The highest BCUT2D eigenvalue weighted by Gasteiger charge is 2.11. The molecule has 0 aliphatic rings. The molecular formula is C21H18N4O. The van der Waals surface area contributed by atoms with E-state index in [0.29, 0.717) is 11.4 Å². The summed E-state index contributed by atoms with van der Waals surface area (Å²) in [6.07, 6.45) is 3.47. The molecule has 0 radical (unpaired) electrons. The second-order valence-electron chi connectivity index (χ2n) is 6.24. The average molecular weight is 342 g/mol. The summed E-state index contributed by atoms with van der Waals surface area (Å²) in [5, 5.41) is 7.94. The van der Waals surface area contributed by atoms with Crippen molar-refractivity contribution >= 4 is 22.5 Å². The van der Waals surface area contributed by atoms with Crippen LogP contribution in [0, 0.1) is 6.92 Å². The van der Waals surface area contributed by atoms with Crippen LogP contribution >= 0.6 is 0 Å². The maximum atomic E-state index is 12.3. The number of carbonyl (C=O) groups is 1. The number of aryl methyl sites for hydroxylation is 2. The van der Waals surface area contributed by atoms with E-state index in [1.54, 1.807) is 24.0 Å². The van der Waals surface area contributed by atoms with Gasteiger partial charge in [0, 0.05) is 36.1 Å². The van der Waals surface area contributed by atoms with E-state index in [1.165, 1.54) is 11.1 Å². The van der Waals surface area contributed by atoms with E-state index < -0.39 is 0 Å². The maximum Gasteiger partial charge on any atom is 0.273 e. The molecule has 0 aliphatic carbocycles. The Hall–Kier alpha value is -3.47. The summed E-state index contributed by atoms with van der Waals surface area (Å²) in [4.78, 5) is 16.9. The zero-order valence-corrected chi connectivity index (χ0v) is 14.6. The van der Waals surface area contributed by atoms with Gasteiger partial charge in [-0.15, -0.1) is 0 Å². The summed E-state index contributed by atoms with van der Waals surface area (Å²) in [6, 6.07) is 17.8. The monoisotopic (exact) mass is 342 g/mol. The fraction of sp³-hybridized carbons (Fsp3) is 0.0952. The average Bonchev–Trinajstić information content (AvgIpc) is 3.08. The summed E-state index contributed by atoms with van der Waals surface area (Å²) in [7, 11) is 1.74. The van der Waals surface area contributed by atoms with Crippen LogP contribution in [0.15, 0.2) is 67.0 Å². The van der Waals surface area contributed by atoms with Gasteiger partial charge in [0.1, 0.15) is 5.69 Å². The van der Waals surface area contributed by atoms with Crippen LogP contribution in [-0.2, 0) is 7.05 Å². The lowest BCUT2D eigenvalue weighted by Gasteiger charge is -2.09. The molecule has 5 nitrogen and oxygen atoms in total. The number of benzene rings is 2. The molecule has 128 valence electrons. The molecule has 0 fully saturated rings. The van der Waals surface area contributed by atoms with E-state index in [2.05, 4.69) is 40.5 Å². The molecule has 4 aromatic rings. The van der Waals surface area contributed by atoms with Gasteiger partial charge in [-0.3, -0.25) is 14.5 Å². The molecule has 0 spiro atoms. The molecule has 0 saturated carbocycles. The Labute approximate surface area is 151 Å². The number of nitrogens with one attached hydrogen (secondary N) is 1. The van der Waals surface area contributed by atoms with Crippen LogP contribution in [0.25, 0.3) is 22.0 Å². The fourth-order valence-corrected chi connectivity index (χ4v) is 3.04. The van der Waals surface area contributed by atoms with Gasteiger partial charge in [0.15, 0.2) is 0 Å². The van der Waals surface area contributed by atoms with Gasteiger partial charge in [0.2, 0.25) is 0 Å². The van der Waals surface area contributed by atoms with Crippen molar-refractivity contribution in [2.45, 2.75) is 6.92 Å². The van der Waals surface area contributed by atoms with Gasteiger partial charge in [-0.2, -0.15) is 5.10 Å². The number of carbonyl (C=O) groups excluding carboxylic acids is 1. The second-order valence-corrected chi connectivity index (χ2v) is 6.24. The molecule has 1 N–H and O–H groups in total. The van der Waals surface area contributed by atoms with E-state index in [-0.39, 0.29) is 5.91 Å². The summed E-state index contributed by atoms with van der Waals surface area (Å²) < 4.78 is 1.54. The first-order valence-corrected chi connectivity index (χ1v) is 8.37. The van der Waals surface area contributed by atoms with E-state index in [1.807, 2.05) is 36.5 Å². The number of nitrogens with zero attached hydrogens (tertiary/aromatic N) is 3. The topological polar surface area (TPSA) is 59.8 Å². The number of fused-ring (bicyclic) bond motifs is 1. The van der Waals surface area contributed by atoms with Crippen molar-refractivity contribution in [3.05, 3.63) is 78.2 Å². The zero-order valence-electron chi connectivity index (χ0n) is 14.6. The van der Waals surface area contributed by atoms with Crippen molar-refractivity contribution in [1.29, 1.82) is 0 Å². The van der Waals surface area contributed by atoms with Gasteiger partial charge in [-0.05, 0) is 42.3 Å². The first kappa shape index (κ1) is 16.0. The van der Waals surface area contributed by atoms with Crippen molar-refractivity contribution in [2.75, 3.05) is 5.32 Å². The third kappa shape index (κ3) is 2.95. The molecule has 0 saturated heterocycles. The van der Waals surface area contributed by atoms with Crippen molar-refractivity contribution in [3.63, 3.8) is 0 Å². The molecule has 4 rings (SSSR count). The lowest BCUT2D eigenvalue weighted by Crippen LogP contribution is -2.16. The van der Waals surface area contributed by atoms with Gasteiger partial charge in [0.25, 0.3) is 5.91 Å². The minimum absolute atomic E-state index is 0.194. The number of rotatable bonds is 3. The fourth-order valence-electron chi connectivity index (χ4n) is 3.04. The molecule has 2 heterocycles. The molecule has 2 aromatic carbocycles. The predicted octanol–water partition coefficient (Wildman–Crippen LogP) is 4.20. The lowest BCUT2D eigenvalue weighted by molar-refractivity contribution is 0.101. The van der Waals surface area contributed by atoms with E-state index in [4.69, 9.17) is 0 Å². The maximum absolute atomic E-state index is 12.3. The van der Waals surface area contributed by atoms with Gasteiger partial charge in [-0.25, -0.2) is 0 Å². The van der Waals surface area contributed by atoms with E-state index in [9.17, 15) is 4.79 Å². The quantitative estimate of drug-likeness (QED) is 0.607. The summed E-state index contributed by atoms with van der Waals surface area (Å²) in [6.45, 7) is 2.09. The number of aromatic nitrogens is 3. The number of hydrogen-bond donors (Lipinski definition) is 1. The van der Waals surface area contributed by atoms with E-state index in [0.717, 1.165) is 16.5 Å². The first-order chi connectivity index (χ1) is 12.6. The largest absolute Gasteiger partial charge is 0.321 e. The minimum Gasteiger partial charge on any atom is -0.321 e. The van der Waals surface area contributed by atoms with Crippen LogP contribution in [-0.4, -0.2) is 20.7 Å². The molecule has 0 unspecified atom stereocenters. The van der Waals surface area contributed by atoms with Crippen LogP contribution in [0.3, 0.4) is 0 Å². The number of anilines is 1. The normalized spacial score (nSPS) is 10.8. The third-order valence-corrected chi connectivity index (χ3v) is 4.45. The molecule has 0 atom stereocenters. The molecule has 1 amide bonds. The molecule has 0 aliphatic heterocycles. The van der Waals surface area contributed by atoms with Gasteiger partial charge < -0.3 is 5.32 Å². The molecule has 26 heavy (non-hydrogen) atoms.